The smallest absolute Gasteiger partial charge is 0.126 e. The Morgan fingerprint density at radius 1 is 1.31 bits per heavy atom. The van der Waals surface area contributed by atoms with E-state index < -0.39 is 6.10 Å². The van der Waals surface area contributed by atoms with Gasteiger partial charge in [0.25, 0.3) is 0 Å². The lowest BCUT2D eigenvalue weighted by atomic mass is 10.1. The van der Waals surface area contributed by atoms with Crippen LogP contribution < -0.4 is 4.90 Å². The third-order valence-corrected chi connectivity index (χ3v) is 5.08. The predicted octanol–water partition coefficient (Wildman–Crippen LogP) is 1.40. The van der Waals surface area contributed by atoms with Gasteiger partial charge >= 0.3 is 0 Å². The summed E-state index contributed by atoms with van der Waals surface area (Å²) in [5.41, 5.74) is 3.98. The van der Waals surface area contributed by atoms with Crippen molar-refractivity contribution in [3.05, 3.63) is 59.4 Å². The number of quaternary nitrogens is 1. The Morgan fingerprint density at radius 2 is 2.12 bits per heavy atom. The van der Waals surface area contributed by atoms with Crippen LogP contribution in [0.5, 0.6) is 0 Å². The number of aliphatic hydroxyl groups excluding tert-OH is 1. The summed E-state index contributed by atoms with van der Waals surface area (Å²) in [5.74, 6) is 2.44. The zero-order chi connectivity index (χ0) is 18.4. The SMILES string of the molecule is C#CCOC[C@H](O)C[NH+](Cc1cccn1Cc1ccccc1C)C1CC1. The molecule has 0 aliphatic heterocycles. The summed E-state index contributed by atoms with van der Waals surface area (Å²) >= 11 is 0. The molecule has 0 saturated heterocycles. The molecule has 0 spiro atoms. The van der Waals surface area contributed by atoms with E-state index in [2.05, 4.69) is 60.0 Å². The van der Waals surface area contributed by atoms with Gasteiger partial charge < -0.3 is 19.3 Å². The molecule has 1 saturated carbocycles. The average molecular weight is 353 g/mol. The summed E-state index contributed by atoms with van der Waals surface area (Å²) in [6, 6.07) is 13.5. The molecular weight excluding hydrogens is 324 g/mol. The van der Waals surface area contributed by atoms with Gasteiger partial charge in [-0.1, -0.05) is 30.2 Å². The summed E-state index contributed by atoms with van der Waals surface area (Å²) in [7, 11) is 0. The van der Waals surface area contributed by atoms with Crippen LogP contribution in [0, 0.1) is 19.3 Å². The second kappa shape index (κ2) is 9.05. The molecule has 0 amide bonds. The fourth-order valence-electron chi connectivity index (χ4n) is 3.46. The van der Waals surface area contributed by atoms with Crippen LogP contribution in [0.15, 0.2) is 42.6 Å². The van der Waals surface area contributed by atoms with Crippen molar-refractivity contribution in [2.75, 3.05) is 19.8 Å². The Morgan fingerprint density at radius 3 is 2.85 bits per heavy atom. The number of hydrogen-bond donors (Lipinski definition) is 2. The average Bonchev–Trinajstić information content (AvgIpc) is 3.39. The minimum atomic E-state index is -0.473. The van der Waals surface area contributed by atoms with Crippen molar-refractivity contribution in [2.45, 2.75) is 45.0 Å². The van der Waals surface area contributed by atoms with Gasteiger partial charge in [-0.2, -0.15) is 0 Å². The van der Waals surface area contributed by atoms with Crippen molar-refractivity contribution >= 4 is 0 Å². The largest absolute Gasteiger partial charge is 0.385 e. The van der Waals surface area contributed by atoms with E-state index in [0.717, 1.165) is 13.1 Å². The topological polar surface area (TPSA) is 38.8 Å². The number of nitrogens with zero attached hydrogens (tertiary/aromatic N) is 1. The summed E-state index contributed by atoms with van der Waals surface area (Å²) in [5, 5.41) is 10.3. The lowest BCUT2D eigenvalue weighted by Crippen LogP contribution is -3.13. The van der Waals surface area contributed by atoms with Gasteiger partial charge in [0.1, 0.15) is 25.8 Å². The van der Waals surface area contributed by atoms with E-state index >= 15 is 0 Å². The second-order valence-electron chi connectivity index (χ2n) is 7.24. The third kappa shape index (κ3) is 5.22. The summed E-state index contributed by atoms with van der Waals surface area (Å²) < 4.78 is 7.62. The number of rotatable bonds is 10. The van der Waals surface area contributed by atoms with Crippen LogP contribution in [0.2, 0.25) is 0 Å². The van der Waals surface area contributed by atoms with E-state index in [1.807, 2.05) is 0 Å². The maximum absolute atomic E-state index is 10.3. The molecule has 1 unspecified atom stereocenters. The molecule has 4 heteroatoms. The molecule has 1 aliphatic carbocycles. The van der Waals surface area contributed by atoms with E-state index in [9.17, 15) is 5.11 Å². The van der Waals surface area contributed by atoms with Crippen LogP contribution >= 0.6 is 0 Å². The quantitative estimate of drug-likeness (QED) is 0.501. The number of aryl methyl sites for hydroxylation is 1. The van der Waals surface area contributed by atoms with Crippen LogP contribution in [-0.2, 0) is 17.8 Å². The number of aromatic nitrogens is 1. The van der Waals surface area contributed by atoms with Crippen LogP contribution in [0.3, 0.4) is 0 Å². The maximum Gasteiger partial charge on any atom is 0.126 e. The first kappa shape index (κ1) is 18.7. The van der Waals surface area contributed by atoms with Crippen molar-refractivity contribution in [1.29, 1.82) is 0 Å². The van der Waals surface area contributed by atoms with E-state index in [0.29, 0.717) is 19.2 Å². The summed E-state index contributed by atoms with van der Waals surface area (Å²) in [4.78, 5) is 1.44. The Kier molecular flexibility index (Phi) is 6.51. The highest BCUT2D eigenvalue weighted by Gasteiger charge is 2.35. The number of hydrogen-bond acceptors (Lipinski definition) is 2. The molecule has 4 nitrogen and oxygen atoms in total. The first-order chi connectivity index (χ1) is 12.7. The number of aliphatic hydroxyl groups is 1. The molecule has 1 aliphatic rings. The van der Waals surface area contributed by atoms with Crippen LogP contribution in [-0.4, -0.2) is 41.6 Å². The highest BCUT2D eigenvalue weighted by molar-refractivity contribution is 5.26. The van der Waals surface area contributed by atoms with Gasteiger partial charge in [0.2, 0.25) is 0 Å². The van der Waals surface area contributed by atoms with E-state index in [4.69, 9.17) is 11.2 Å². The third-order valence-electron chi connectivity index (χ3n) is 5.08. The molecule has 2 atom stereocenters. The molecule has 1 aromatic heterocycles. The molecule has 2 N–H and O–H groups in total. The van der Waals surface area contributed by atoms with E-state index in [1.165, 1.54) is 34.6 Å². The fraction of sp³-hybridized carbons (Fsp3) is 0.455. The number of nitrogens with one attached hydrogen (secondary N) is 1. The number of terminal acetylenes is 1. The van der Waals surface area contributed by atoms with Crippen molar-refractivity contribution in [2.24, 2.45) is 0 Å². The van der Waals surface area contributed by atoms with Gasteiger partial charge in [-0.25, -0.2) is 0 Å². The molecule has 138 valence electrons. The zero-order valence-corrected chi connectivity index (χ0v) is 15.5. The van der Waals surface area contributed by atoms with Crippen molar-refractivity contribution in [1.82, 2.24) is 4.57 Å². The first-order valence-corrected chi connectivity index (χ1v) is 9.39. The molecule has 2 aromatic rings. The maximum atomic E-state index is 10.3. The van der Waals surface area contributed by atoms with Gasteiger partial charge in [-0.15, -0.1) is 6.42 Å². The van der Waals surface area contributed by atoms with Crippen LogP contribution in [0.4, 0.5) is 0 Å². The standard InChI is InChI=1S/C22H28N2O2/c1-3-13-26-17-22(25)16-24(20-10-11-20)15-21-9-6-12-23(21)14-19-8-5-4-7-18(19)2/h1,4-9,12,20,22,25H,10-11,13-17H2,2H3/p+1/t22-/m1/s1. The Labute approximate surface area is 156 Å². The Balaban J connectivity index is 1.62. The number of benzene rings is 1. The normalized spacial score (nSPS) is 16.2. The van der Waals surface area contributed by atoms with Gasteiger partial charge in [-0.05, 0) is 30.2 Å². The number of ether oxygens (including phenoxy) is 1. The minimum Gasteiger partial charge on any atom is -0.385 e. The molecule has 3 rings (SSSR count). The van der Waals surface area contributed by atoms with Crippen molar-refractivity contribution in [3.8, 4) is 12.3 Å². The highest BCUT2D eigenvalue weighted by atomic mass is 16.5. The van der Waals surface area contributed by atoms with Crippen molar-refractivity contribution in [3.63, 3.8) is 0 Å². The van der Waals surface area contributed by atoms with Crippen molar-refractivity contribution < 1.29 is 14.7 Å². The predicted molar refractivity (Wildman–Crippen MR) is 103 cm³/mol. The van der Waals surface area contributed by atoms with Gasteiger partial charge in [-0.3, -0.25) is 0 Å². The lowest BCUT2D eigenvalue weighted by Gasteiger charge is -2.23. The van der Waals surface area contributed by atoms with Gasteiger partial charge in [0.15, 0.2) is 0 Å². The molecule has 1 fully saturated rings. The van der Waals surface area contributed by atoms with Crippen LogP contribution in [0.25, 0.3) is 0 Å². The summed E-state index contributed by atoms with van der Waals surface area (Å²) in [6.07, 6.45) is 9.35. The Hall–Kier alpha value is -2.06. The fourth-order valence-corrected chi connectivity index (χ4v) is 3.46. The minimum absolute atomic E-state index is 0.259. The second-order valence-corrected chi connectivity index (χ2v) is 7.24. The van der Waals surface area contributed by atoms with Gasteiger partial charge in [0.05, 0.1) is 18.3 Å². The zero-order valence-electron chi connectivity index (χ0n) is 15.5. The molecule has 1 aromatic carbocycles. The van der Waals surface area contributed by atoms with Crippen LogP contribution in [0.1, 0.15) is 29.7 Å². The monoisotopic (exact) mass is 353 g/mol. The highest BCUT2D eigenvalue weighted by Crippen LogP contribution is 2.17. The molecule has 1 heterocycles. The molecule has 0 radical (unpaired) electrons. The van der Waals surface area contributed by atoms with E-state index in [-0.39, 0.29) is 6.61 Å². The lowest BCUT2D eigenvalue weighted by molar-refractivity contribution is -0.928. The van der Waals surface area contributed by atoms with Gasteiger partial charge in [0, 0.05) is 25.6 Å². The molecular formula is C22H29N2O2+. The molecule has 0 bridgehead atoms. The molecule has 26 heavy (non-hydrogen) atoms. The first-order valence-electron chi connectivity index (χ1n) is 9.39. The summed E-state index contributed by atoms with van der Waals surface area (Å²) in [6.45, 7) is 5.24. The Bertz CT molecular complexity index is 743. The van der Waals surface area contributed by atoms with E-state index in [1.54, 1.807) is 0 Å².